The number of benzene rings is 1. The first-order valence-electron chi connectivity index (χ1n) is 6.80. The van der Waals surface area contributed by atoms with Gasteiger partial charge in [0, 0.05) is 30.6 Å². The van der Waals surface area contributed by atoms with E-state index in [9.17, 15) is 4.79 Å². The number of carbonyl (C=O) groups is 1. The Morgan fingerprint density at radius 3 is 2.57 bits per heavy atom. The Morgan fingerprint density at radius 1 is 1.24 bits per heavy atom. The quantitative estimate of drug-likeness (QED) is 0.787. The van der Waals surface area contributed by atoms with E-state index in [1.165, 1.54) is 0 Å². The topological polar surface area (TPSA) is 74.2 Å². The van der Waals surface area contributed by atoms with Crippen LogP contribution in [0.1, 0.15) is 21.6 Å². The zero-order valence-electron chi connectivity index (χ0n) is 12.2. The van der Waals surface area contributed by atoms with Crippen molar-refractivity contribution in [3.05, 3.63) is 53.2 Å². The summed E-state index contributed by atoms with van der Waals surface area (Å²) in [4.78, 5) is 16.5. The zero-order chi connectivity index (χ0) is 15.2. The summed E-state index contributed by atoms with van der Waals surface area (Å²) in [7, 11) is 1.77. The molecule has 1 aromatic heterocycles. The van der Waals surface area contributed by atoms with Gasteiger partial charge in [-0.3, -0.25) is 4.79 Å². The Labute approximate surface area is 124 Å². The molecule has 1 amide bonds. The van der Waals surface area contributed by atoms with E-state index in [0.717, 1.165) is 16.9 Å². The normalized spacial score (nSPS) is 10.2. The monoisotopic (exact) mass is 285 g/mol. The molecule has 21 heavy (non-hydrogen) atoms. The SMILES string of the molecule is CNc1cc(C(=O)Nc2ccc(CCO)cc2)cc(C)n1. The molecule has 0 radical (unpaired) electrons. The largest absolute Gasteiger partial charge is 0.396 e. The van der Waals surface area contributed by atoms with E-state index in [1.54, 1.807) is 19.2 Å². The molecular formula is C16H19N3O2. The molecule has 5 nitrogen and oxygen atoms in total. The van der Waals surface area contributed by atoms with Gasteiger partial charge >= 0.3 is 0 Å². The van der Waals surface area contributed by atoms with Crippen LogP contribution in [0.15, 0.2) is 36.4 Å². The van der Waals surface area contributed by atoms with Crippen LogP contribution in [0.2, 0.25) is 0 Å². The van der Waals surface area contributed by atoms with Crippen LogP contribution in [0.5, 0.6) is 0 Å². The standard InChI is InChI=1S/C16H19N3O2/c1-11-9-13(10-15(17-2)18-11)16(21)19-14-5-3-12(4-6-14)7-8-20/h3-6,9-10,20H,7-8H2,1-2H3,(H,17,18)(H,19,21). The molecule has 1 aromatic carbocycles. The third-order valence-electron chi connectivity index (χ3n) is 3.08. The van der Waals surface area contributed by atoms with Crippen LogP contribution in [0, 0.1) is 6.92 Å². The number of carbonyl (C=O) groups excluding carboxylic acids is 1. The van der Waals surface area contributed by atoms with Crippen LogP contribution < -0.4 is 10.6 Å². The Kier molecular flexibility index (Phi) is 4.90. The van der Waals surface area contributed by atoms with Crippen LogP contribution in [-0.4, -0.2) is 29.7 Å². The number of amides is 1. The number of pyridine rings is 1. The van der Waals surface area contributed by atoms with Crippen molar-refractivity contribution in [2.45, 2.75) is 13.3 Å². The van der Waals surface area contributed by atoms with Gasteiger partial charge in [0.15, 0.2) is 0 Å². The summed E-state index contributed by atoms with van der Waals surface area (Å²) in [5.74, 6) is 0.491. The average molecular weight is 285 g/mol. The van der Waals surface area contributed by atoms with Crippen molar-refractivity contribution in [3.8, 4) is 0 Å². The molecule has 0 aliphatic heterocycles. The molecule has 1 heterocycles. The summed E-state index contributed by atoms with van der Waals surface area (Å²) in [6, 6.07) is 10.9. The summed E-state index contributed by atoms with van der Waals surface area (Å²) in [5.41, 5.74) is 3.10. The Bertz CT molecular complexity index is 624. The van der Waals surface area contributed by atoms with Crippen LogP contribution in [0.4, 0.5) is 11.5 Å². The van der Waals surface area contributed by atoms with Gasteiger partial charge in [-0.25, -0.2) is 4.98 Å². The smallest absolute Gasteiger partial charge is 0.255 e. The molecule has 0 aliphatic rings. The Balaban J connectivity index is 2.12. The lowest BCUT2D eigenvalue weighted by Gasteiger charge is -2.08. The molecular weight excluding hydrogens is 266 g/mol. The van der Waals surface area contributed by atoms with E-state index in [0.29, 0.717) is 17.8 Å². The molecule has 0 spiro atoms. The van der Waals surface area contributed by atoms with Crippen LogP contribution in [0.25, 0.3) is 0 Å². The number of anilines is 2. The van der Waals surface area contributed by atoms with Crippen molar-refractivity contribution in [2.24, 2.45) is 0 Å². The van der Waals surface area contributed by atoms with Gasteiger partial charge in [-0.1, -0.05) is 12.1 Å². The zero-order valence-corrected chi connectivity index (χ0v) is 12.2. The fraction of sp³-hybridized carbons (Fsp3) is 0.250. The number of nitrogens with one attached hydrogen (secondary N) is 2. The van der Waals surface area contributed by atoms with Crippen molar-refractivity contribution >= 4 is 17.4 Å². The van der Waals surface area contributed by atoms with Crippen molar-refractivity contribution in [3.63, 3.8) is 0 Å². The molecule has 0 fully saturated rings. The van der Waals surface area contributed by atoms with Crippen molar-refractivity contribution in [2.75, 3.05) is 24.3 Å². The van der Waals surface area contributed by atoms with Gasteiger partial charge in [0.25, 0.3) is 5.91 Å². The predicted molar refractivity (Wildman–Crippen MR) is 83.7 cm³/mol. The van der Waals surface area contributed by atoms with E-state index in [-0.39, 0.29) is 12.5 Å². The van der Waals surface area contributed by atoms with E-state index >= 15 is 0 Å². The van der Waals surface area contributed by atoms with Gasteiger partial charge < -0.3 is 15.7 Å². The van der Waals surface area contributed by atoms with Gasteiger partial charge in [-0.2, -0.15) is 0 Å². The lowest BCUT2D eigenvalue weighted by molar-refractivity contribution is 0.102. The predicted octanol–water partition coefficient (Wildman–Crippen LogP) is 2.22. The number of aromatic nitrogens is 1. The third-order valence-corrected chi connectivity index (χ3v) is 3.08. The van der Waals surface area contributed by atoms with Gasteiger partial charge in [-0.15, -0.1) is 0 Å². The summed E-state index contributed by atoms with van der Waals surface area (Å²) in [6.45, 7) is 1.97. The molecule has 2 aromatic rings. The number of rotatable bonds is 5. The maximum atomic E-state index is 12.2. The second-order valence-electron chi connectivity index (χ2n) is 4.76. The van der Waals surface area contributed by atoms with Crippen molar-refractivity contribution in [1.29, 1.82) is 0 Å². The second kappa shape index (κ2) is 6.85. The molecule has 0 bridgehead atoms. The minimum atomic E-state index is -0.174. The fourth-order valence-electron chi connectivity index (χ4n) is 2.01. The maximum absolute atomic E-state index is 12.2. The van der Waals surface area contributed by atoms with Crippen LogP contribution in [0.3, 0.4) is 0 Å². The van der Waals surface area contributed by atoms with Gasteiger partial charge in [0.2, 0.25) is 0 Å². The lowest BCUT2D eigenvalue weighted by atomic mass is 10.1. The second-order valence-corrected chi connectivity index (χ2v) is 4.76. The van der Waals surface area contributed by atoms with Crippen LogP contribution in [-0.2, 0) is 6.42 Å². The number of nitrogens with zero attached hydrogens (tertiary/aromatic N) is 1. The molecule has 0 aliphatic carbocycles. The highest BCUT2D eigenvalue weighted by Crippen LogP contribution is 2.14. The highest BCUT2D eigenvalue weighted by atomic mass is 16.2. The third kappa shape index (κ3) is 4.03. The highest BCUT2D eigenvalue weighted by Gasteiger charge is 2.08. The summed E-state index contributed by atoms with van der Waals surface area (Å²) >= 11 is 0. The van der Waals surface area contributed by atoms with Crippen molar-refractivity contribution in [1.82, 2.24) is 4.98 Å². The number of aryl methyl sites for hydroxylation is 1. The molecule has 5 heteroatoms. The van der Waals surface area contributed by atoms with Crippen molar-refractivity contribution < 1.29 is 9.90 Å². The number of aliphatic hydroxyl groups is 1. The van der Waals surface area contributed by atoms with E-state index in [1.807, 2.05) is 31.2 Å². The number of aliphatic hydroxyl groups excluding tert-OH is 1. The molecule has 3 N–H and O–H groups in total. The maximum Gasteiger partial charge on any atom is 0.255 e. The molecule has 0 saturated heterocycles. The first kappa shape index (κ1) is 15.0. The summed E-state index contributed by atoms with van der Waals surface area (Å²) < 4.78 is 0. The Hall–Kier alpha value is -2.40. The van der Waals surface area contributed by atoms with E-state index in [4.69, 9.17) is 5.11 Å². The molecule has 110 valence electrons. The van der Waals surface area contributed by atoms with Crippen LogP contribution >= 0.6 is 0 Å². The average Bonchev–Trinajstić information content (AvgIpc) is 2.48. The number of hydrogen-bond acceptors (Lipinski definition) is 4. The minimum Gasteiger partial charge on any atom is -0.396 e. The lowest BCUT2D eigenvalue weighted by Crippen LogP contribution is -2.13. The molecule has 0 unspecified atom stereocenters. The van der Waals surface area contributed by atoms with Gasteiger partial charge in [0.1, 0.15) is 5.82 Å². The first-order valence-corrected chi connectivity index (χ1v) is 6.80. The summed E-state index contributed by atoms with van der Waals surface area (Å²) in [5, 5.41) is 14.7. The fourth-order valence-corrected chi connectivity index (χ4v) is 2.01. The summed E-state index contributed by atoms with van der Waals surface area (Å²) in [6.07, 6.45) is 0.614. The van der Waals surface area contributed by atoms with E-state index < -0.39 is 0 Å². The van der Waals surface area contributed by atoms with Gasteiger partial charge in [0.05, 0.1) is 0 Å². The van der Waals surface area contributed by atoms with E-state index in [2.05, 4.69) is 15.6 Å². The molecule has 0 saturated carbocycles. The first-order chi connectivity index (χ1) is 10.1. The molecule has 0 atom stereocenters. The highest BCUT2D eigenvalue weighted by molar-refractivity contribution is 6.04. The van der Waals surface area contributed by atoms with Gasteiger partial charge in [-0.05, 0) is 43.2 Å². The number of hydrogen-bond donors (Lipinski definition) is 3. The Morgan fingerprint density at radius 2 is 1.95 bits per heavy atom. The molecule has 2 rings (SSSR count). The minimum absolute atomic E-state index is 0.120.